The van der Waals surface area contributed by atoms with Gasteiger partial charge in [-0.05, 0) is 57.4 Å². The summed E-state index contributed by atoms with van der Waals surface area (Å²) < 4.78 is 1.77. The van der Waals surface area contributed by atoms with Crippen LogP contribution in [-0.2, 0) is 0 Å². The molecular weight excluding hydrogens is 352 g/mol. The van der Waals surface area contributed by atoms with Crippen molar-refractivity contribution in [1.29, 1.82) is 0 Å². The van der Waals surface area contributed by atoms with Crippen LogP contribution in [0, 0.1) is 20.8 Å². The minimum atomic E-state index is -0.0522. The third-order valence-electron chi connectivity index (χ3n) is 5.43. The van der Waals surface area contributed by atoms with E-state index in [1.54, 1.807) is 4.52 Å². The number of aryl methyl sites for hydroxylation is 3. The van der Waals surface area contributed by atoms with Crippen LogP contribution in [0.4, 0.5) is 0 Å². The maximum absolute atomic E-state index is 13.3. The van der Waals surface area contributed by atoms with E-state index < -0.39 is 0 Å². The van der Waals surface area contributed by atoms with Crippen LogP contribution in [0.2, 0.25) is 0 Å². The third kappa shape index (κ3) is 2.66. The molecule has 1 aliphatic rings. The lowest BCUT2D eigenvalue weighted by Crippen LogP contribution is -2.32. The van der Waals surface area contributed by atoms with Crippen molar-refractivity contribution < 1.29 is 4.79 Å². The Balaban J connectivity index is 1.51. The highest BCUT2D eigenvalue weighted by molar-refractivity contribution is 5.93. The summed E-state index contributed by atoms with van der Waals surface area (Å²) in [6.45, 7) is 6.65. The minimum absolute atomic E-state index is 0.0508. The fraction of sp³-hybridized carbons (Fsp3) is 0.333. The molecule has 1 N–H and O–H groups in total. The van der Waals surface area contributed by atoms with Crippen molar-refractivity contribution in [3.05, 3.63) is 58.8 Å². The molecule has 0 unspecified atom stereocenters. The van der Waals surface area contributed by atoms with E-state index in [1.165, 1.54) is 5.56 Å². The fourth-order valence-corrected chi connectivity index (χ4v) is 4.09. The molecule has 1 saturated heterocycles. The molecule has 28 heavy (non-hydrogen) atoms. The maximum Gasteiger partial charge on any atom is 0.273 e. The molecule has 1 amide bonds. The molecule has 7 heteroatoms. The number of carbonyl (C=O) groups is 1. The van der Waals surface area contributed by atoms with Gasteiger partial charge in [-0.1, -0.05) is 6.07 Å². The van der Waals surface area contributed by atoms with Gasteiger partial charge in [0.25, 0.3) is 5.91 Å². The van der Waals surface area contributed by atoms with E-state index in [-0.39, 0.29) is 11.9 Å². The van der Waals surface area contributed by atoms with Gasteiger partial charge in [0, 0.05) is 18.3 Å². The second-order valence-electron chi connectivity index (χ2n) is 7.64. The van der Waals surface area contributed by atoms with Crippen molar-refractivity contribution in [2.24, 2.45) is 0 Å². The monoisotopic (exact) mass is 374 g/mol. The predicted octanol–water partition coefficient (Wildman–Crippen LogP) is 3.51. The molecule has 1 aliphatic heterocycles. The molecule has 142 valence electrons. The second-order valence-corrected chi connectivity index (χ2v) is 7.64. The number of aromatic nitrogens is 5. The Morgan fingerprint density at radius 3 is 2.86 bits per heavy atom. The SMILES string of the molecule is Cc1ccc2nc([C@H]3CCCN3C(=O)c3cc(C)n4nc(C)cc4n3)[nH]c2c1. The van der Waals surface area contributed by atoms with Crippen molar-refractivity contribution >= 4 is 22.6 Å². The molecule has 0 saturated carbocycles. The molecule has 0 radical (unpaired) electrons. The van der Waals surface area contributed by atoms with Crippen molar-refractivity contribution in [1.82, 2.24) is 29.5 Å². The summed E-state index contributed by atoms with van der Waals surface area (Å²) in [6, 6.07) is 9.83. The van der Waals surface area contributed by atoms with E-state index in [4.69, 9.17) is 4.98 Å². The highest BCUT2D eigenvalue weighted by atomic mass is 16.2. The summed E-state index contributed by atoms with van der Waals surface area (Å²) >= 11 is 0. The zero-order valence-corrected chi connectivity index (χ0v) is 16.2. The van der Waals surface area contributed by atoms with Gasteiger partial charge in [0.15, 0.2) is 5.65 Å². The summed E-state index contributed by atoms with van der Waals surface area (Å²) in [7, 11) is 0. The number of rotatable bonds is 2. The van der Waals surface area contributed by atoms with Crippen molar-refractivity contribution in [3.63, 3.8) is 0 Å². The van der Waals surface area contributed by atoms with Crippen LogP contribution in [-0.4, -0.2) is 41.9 Å². The fourth-order valence-electron chi connectivity index (χ4n) is 4.09. The number of fused-ring (bicyclic) bond motifs is 2. The van der Waals surface area contributed by atoms with Gasteiger partial charge < -0.3 is 9.88 Å². The van der Waals surface area contributed by atoms with E-state index >= 15 is 0 Å². The number of imidazole rings is 1. The Hall–Kier alpha value is -3.22. The molecule has 1 fully saturated rings. The standard InChI is InChI=1S/C21H22N6O/c1-12-6-7-15-16(9-12)24-20(23-15)18-5-4-8-26(18)21(28)17-11-14(3)27-19(22-17)10-13(2)25-27/h6-7,9-11,18H,4-5,8H2,1-3H3,(H,23,24)/t18-/m1/s1. The molecule has 4 aromatic rings. The van der Waals surface area contributed by atoms with Crippen LogP contribution in [0.3, 0.4) is 0 Å². The van der Waals surface area contributed by atoms with E-state index in [2.05, 4.69) is 34.1 Å². The second kappa shape index (κ2) is 6.15. The van der Waals surface area contributed by atoms with Crippen LogP contribution in [0.15, 0.2) is 30.3 Å². The molecule has 0 spiro atoms. The van der Waals surface area contributed by atoms with Crippen LogP contribution in [0.5, 0.6) is 0 Å². The van der Waals surface area contributed by atoms with Gasteiger partial charge in [-0.2, -0.15) is 5.10 Å². The zero-order valence-electron chi connectivity index (χ0n) is 16.2. The first-order chi connectivity index (χ1) is 13.5. The quantitative estimate of drug-likeness (QED) is 0.582. The Morgan fingerprint density at radius 2 is 2.00 bits per heavy atom. The van der Waals surface area contributed by atoms with E-state index in [9.17, 15) is 4.79 Å². The Labute approximate surface area is 162 Å². The molecule has 0 aliphatic carbocycles. The summed E-state index contributed by atoms with van der Waals surface area (Å²) in [5, 5.41) is 4.42. The number of nitrogens with one attached hydrogen (secondary N) is 1. The number of nitrogens with zero attached hydrogens (tertiary/aromatic N) is 5. The van der Waals surface area contributed by atoms with Gasteiger partial charge in [0.05, 0.1) is 22.8 Å². The summed E-state index contributed by atoms with van der Waals surface area (Å²) in [5.74, 6) is 0.799. The van der Waals surface area contributed by atoms with Crippen LogP contribution in [0.25, 0.3) is 16.7 Å². The highest BCUT2D eigenvalue weighted by Crippen LogP contribution is 2.32. The molecule has 5 rings (SSSR count). The largest absolute Gasteiger partial charge is 0.340 e. The lowest BCUT2D eigenvalue weighted by Gasteiger charge is -2.23. The van der Waals surface area contributed by atoms with Crippen molar-refractivity contribution in [2.75, 3.05) is 6.54 Å². The molecule has 1 aromatic carbocycles. The number of aromatic amines is 1. The smallest absolute Gasteiger partial charge is 0.273 e. The molecule has 4 heterocycles. The first kappa shape index (κ1) is 16.9. The Kier molecular flexibility index (Phi) is 3.72. The van der Waals surface area contributed by atoms with Gasteiger partial charge in [-0.15, -0.1) is 0 Å². The Bertz CT molecular complexity index is 1220. The van der Waals surface area contributed by atoms with Gasteiger partial charge in [0.1, 0.15) is 11.5 Å². The minimum Gasteiger partial charge on any atom is -0.340 e. The van der Waals surface area contributed by atoms with Gasteiger partial charge in [-0.25, -0.2) is 14.5 Å². The van der Waals surface area contributed by atoms with E-state index in [0.717, 1.165) is 41.1 Å². The normalized spacial score (nSPS) is 17.1. The summed E-state index contributed by atoms with van der Waals surface area (Å²) in [5.41, 5.74) is 6.09. The maximum atomic E-state index is 13.3. The van der Waals surface area contributed by atoms with Gasteiger partial charge >= 0.3 is 0 Å². The molecular formula is C21H22N6O. The number of benzene rings is 1. The predicted molar refractivity (Wildman–Crippen MR) is 106 cm³/mol. The number of carbonyl (C=O) groups excluding carboxylic acids is 1. The van der Waals surface area contributed by atoms with Crippen molar-refractivity contribution in [3.8, 4) is 0 Å². The van der Waals surface area contributed by atoms with E-state index in [1.807, 2.05) is 36.9 Å². The van der Waals surface area contributed by atoms with E-state index in [0.29, 0.717) is 17.9 Å². The molecule has 0 bridgehead atoms. The Morgan fingerprint density at radius 1 is 1.14 bits per heavy atom. The number of likely N-dealkylation sites (tertiary alicyclic amines) is 1. The molecule has 7 nitrogen and oxygen atoms in total. The first-order valence-corrected chi connectivity index (χ1v) is 9.61. The van der Waals surface area contributed by atoms with Gasteiger partial charge in [0.2, 0.25) is 0 Å². The average Bonchev–Trinajstić information content (AvgIpc) is 3.37. The van der Waals surface area contributed by atoms with Crippen molar-refractivity contribution in [2.45, 2.75) is 39.7 Å². The number of hydrogen-bond acceptors (Lipinski definition) is 4. The number of hydrogen-bond donors (Lipinski definition) is 1. The zero-order chi connectivity index (χ0) is 19.4. The average molecular weight is 374 g/mol. The molecule has 1 atom stereocenters. The summed E-state index contributed by atoms with van der Waals surface area (Å²) in [6.07, 6.45) is 1.86. The summed E-state index contributed by atoms with van der Waals surface area (Å²) in [4.78, 5) is 27.9. The lowest BCUT2D eigenvalue weighted by atomic mass is 10.2. The van der Waals surface area contributed by atoms with Crippen LogP contribution >= 0.6 is 0 Å². The lowest BCUT2D eigenvalue weighted by molar-refractivity contribution is 0.0724. The first-order valence-electron chi connectivity index (χ1n) is 9.61. The highest BCUT2D eigenvalue weighted by Gasteiger charge is 2.33. The number of H-pyrrole nitrogens is 1. The van der Waals surface area contributed by atoms with Crippen LogP contribution < -0.4 is 0 Å². The van der Waals surface area contributed by atoms with Gasteiger partial charge in [-0.3, -0.25) is 4.79 Å². The van der Waals surface area contributed by atoms with Crippen LogP contribution in [0.1, 0.15) is 52.1 Å². The third-order valence-corrected chi connectivity index (χ3v) is 5.43. The topological polar surface area (TPSA) is 79.2 Å². The molecule has 3 aromatic heterocycles. The number of amides is 1.